The van der Waals surface area contributed by atoms with Crippen molar-refractivity contribution in [1.29, 1.82) is 0 Å². The van der Waals surface area contributed by atoms with Gasteiger partial charge in [-0.25, -0.2) is 0 Å². The number of rotatable bonds is 4. The van der Waals surface area contributed by atoms with E-state index in [9.17, 15) is 0 Å². The highest BCUT2D eigenvalue weighted by Gasteiger charge is 2.15. The van der Waals surface area contributed by atoms with Crippen LogP contribution in [0.2, 0.25) is 0 Å². The van der Waals surface area contributed by atoms with Crippen LogP contribution in [0, 0.1) is 0 Å². The van der Waals surface area contributed by atoms with Crippen LogP contribution in [0.4, 0.5) is 17.2 Å². The van der Waals surface area contributed by atoms with Gasteiger partial charge in [-0.1, -0.05) is 6.07 Å². The van der Waals surface area contributed by atoms with Gasteiger partial charge in [0.2, 0.25) is 5.88 Å². The van der Waals surface area contributed by atoms with Gasteiger partial charge < -0.3 is 20.5 Å². The molecule has 1 heterocycles. The Morgan fingerprint density at radius 3 is 2.57 bits per heavy atom. The first-order valence-corrected chi connectivity index (χ1v) is 6.74. The van der Waals surface area contributed by atoms with Gasteiger partial charge in [-0.15, -0.1) is 0 Å². The van der Waals surface area contributed by atoms with Crippen molar-refractivity contribution in [2.75, 3.05) is 18.2 Å². The molecule has 0 bridgehead atoms. The second-order valence-corrected chi connectivity index (χ2v) is 5.66. The number of nitrogen functional groups attached to an aromatic ring is 1. The number of pyridine rings is 1. The molecule has 0 radical (unpaired) electrons. The molecule has 0 amide bonds. The Kier molecular flexibility index (Phi) is 4.21. The van der Waals surface area contributed by atoms with Crippen LogP contribution < -0.4 is 20.5 Å². The number of nitrogens with zero attached hydrogens (tertiary/aromatic N) is 1. The lowest BCUT2D eigenvalue weighted by molar-refractivity contribution is 0.125. The van der Waals surface area contributed by atoms with E-state index in [1.807, 2.05) is 51.1 Å². The fourth-order valence-electron chi connectivity index (χ4n) is 1.74. The van der Waals surface area contributed by atoms with Crippen molar-refractivity contribution in [3.63, 3.8) is 0 Å². The van der Waals surface area contributed by atoms with E-state index < -0.39 is 0 Å². The van der Waals surface area contributed by atoms with Gasteiger partial charge in [0.1, 0.15) is 17.2 Å². The molecule has 0 aliphatic carbocycles. The molecule has 0 saturated carbocycles. The van der Waals surface area contributed by atoms with Crippen molar-refractivity contribution in [3.8, 4) is 11.6 Å². The van der Waals surface area contributed by atoms with Crippen LogP contribution in [0.3, 0.4) is 0 Å². The van der Waals surface area contributed by atoms with Crippen LogP contribution in [-0.2, 0) is 0 Å². The molecular weight excluding hydrogens is 266 g/mol. The van der Waals surface area contributed by atoms with Crippen LogP contribution in [0.5, 0.6) is 11.6 Å². The summed E-state index contributed by atoms with van der Waals surface area (Å²) in [5, 5.41) is 3.21. The van der Waals surface area contributed by atoms with Crippen molar-refractivity contribution in [2.24, 2.45) is 0 Å². The molecule has 0 saturated heterocycles. The summed E-state index contributed by atoms with van der Waals surface area (Å²) in [5.41, 5.74) is 6.95. The standard InChI is InChI=1S/C16H21N3O2/c1-16(2,3)21-15-13(17)8-9-14(19-15)18-11-6-5-7-12(10-11)20-4/h5-10H,17H2,1-4H3,(H,18,19). The molecule has 1 aromatic heterocycles. The van der Waals surface area contributed by atoms with Gasteiger partial charge in [0.25, 0.3) is 0 Å². The fourth-order valence-corrected chi connectivity index (χ4v) is 1.74. The molecule has 3 N–H and O–H groups in total. The minimum Gasteiger partial charge on any atom is -0.497 e. The van der Waals surface area contributed by atoms with E-state index in [1.54, 1.807) is 13.2 Å². The molecule has 0 fully saturated rings. The van der Waals surface area contributed by atoms with Crippen LogP contribution >= 0.6 is 0 Å². The highest BCUT2D eigenvalue weighted by Crippen LogP contribution is 2.27. The van der Waals surface area contributed by atoms with Crippen molar-refractivity contribution >= 4 is 17.2 Å². The summed E-state index contributed by atoms with van der Waals surface area (Å²) in [6, 6.07) is 11.2. The summed E-state index contributed by atoms with van der Waals surface area (Å²) < 4.78 is 11.0. The molecule has 0 spiro atoms. The Labute approximate surface area is 125 Å². The maximum Gasteiger partial charge on any atom is 0.239 e. The molecule has 0 aliphatic heterocycles. The quantitative estimate of drug-likeness (QED) is 0.899. The maximum absolute atomic E-state index is 5.90. The molecule has 21 heavy (non-hydrogen) atoms. The Morgan fingerprint density at radius 2 is 1.90 bits per heavy atom. The zero-order valence-electron chi connectivity index (χ0n) is 12.8. The third-order valence-electron chi connectivity index (χ3n) is 2.63. The van der Waals surface area contributed by atoms with Gasteiger partial charge in [-0.3, -0.25) is 0 Å². The molecular formula is C16H21N3O2. The highest BCUT2D eigenvalue weighted by molar-refractivity contribution is 5.61. The second kappa shape index (κ2) is 5.91. The van der Waals surface area contributed by atoms with E-state index in [0.717, 1.165) is 11.4 Å². The zero-order valence-corrected chi connectivity index (χ0v) is 12.8. The predicted octanol–water partition coefficient (Wildman–Crippen LogP) is 3.59. The maximum atomic E-state index is 5.90. The van der Waals surface area contributed by atoms with Crippen LogP contribution in [0.1, 0.15) is 20.8 Å². The summed E-state index contributed by atoms with van der Waals surface area (Å²) in [5.74, 6) is 1.87. The first-order valence-electron chi connectivity index (χ1n) is 6.74. The number of hydrogen-bond donors (Lipinski definition) is 2. The summed E-state index contributed by atoms with van der Waals surface area (Å²) in [7, 11) is 1.63. The molecule has 2 aromatic rings. The molecule has 0 unspecified atom stereocenters. The molecule has 0 atom stereocenters. The van der Waals surface area contributed by atoms with Gasteiger partial charge in [0, 0.05) is 11.8 Å². The van der Waals surface area contributed by atoms with Gasteiger partial charge in [0.05, 0.1) is 12.8 Å². The van der Waals surface area contributed by atoms with Crippen molar-refractivity contribution < 1.29 is 9.47 Å². The lowest BCUT2D eigenvalue weighted by atomic mass is 10.2. The van der Waals surface area contributed by atoms with Gasteiger partial charge in [-0.05, 0) is 45.0 Å². The second-order valence-electron chi connectivity index (χ2n) is 5.66. The lowest BCUT2D eigenvalue weighted by Crippen LogP contribution is -2.24. The van der Waals surface area contributed by atoms with Crippen molar-refractivity contribution in [3.05, 3.63) is 36.4 Å². The SMILES string of the molecule is COc1cccc(Nc2ccc(N)c(OC(C)(C)C)n2)c1. The smallest absolute Gasteiger partial charge is 0.239 e. The minimum absolute atomic E-state index is 0.351. The van der Waals surface area contributed by atoms with Crippen molar-refractivity contribution in [1.82, 2.24) is 4.98 Å². The number of benzene rings is 1. The van der Waals surface area contributed by atoms with Crippen molar-refractivity contribution in [2.45, 2.75) is 26.4 Å². The number of ether oxygens (including phenoxy) is 2. The van der Waals surface area contributed by atoms with Gasteiger partial charge in [-0.2, -0.15) is 4.98 Å². The molecule has 5 heteroatoms. The van der Waals surface area contributed by atoms with Crippen LogP contribution in [-0.4, -0.2) is 17.7 Å². The summed E-state index contributed by atoms with van der Waals surface area (Å²) in [4.78, 5) is 4.41. The molecule has 0 aliphatic rings. The minimum atomic E-state index is -0.351. The molecule has 5 nitrogen and oxygen atoms in total. The predicted molar refractivity (Wildman–Crippen MR) is 85.3 cm³/mol. The first kappa shape index (κ1) is 15.0. The Hall–Kier alpha value is -2.43. The number of methoxy groups -OCH3 is 1. The van der Waals surface area contributed by atoms with E-state index in [1.165, 1.54) is 0 Å². The average Bonchev–Trinajstić information content (AvgIpc) is 2.41. The topological polar surface area (TPSA) is 69.4 Å². The highest BCUT2D eigenvalue weighted by atomic mass is 16.5. The number of aromatic nitrogens is 1. The third kappa shape index (κ3) is 4.27. The van der Waals surface area contributed by atoms with E-state index in [2.05, 4.69) is 10.3 Å². The van der Waals surface area contributed by atoms with Gasteiger partial charge in [0.15, 0.2) is 0 Å². The number of anilines is 3. The van der Waals surface area contributed by atoms with Gasteiger partial charge >= 0.3 is 0 Å². The Morgan fingerprint density at radius 1 is 1.14 bits per heavy atom. The van der Waals surface area contributed by atoms with Crippen LogP contribution in [0.15, 0.2) is 36.4 Å². The molecule has 1 aromatic carbocycles. The summed E-state index contributed by atoms with van der Waals surface area (Å²) in [6.45, 7) is 5.86. The largest absolute Gasteiger partial charge is 0.497 e. The zero-order chi connectivity index (χ0) is 15.5. The fraction of sp³-hybridized carbons (Fsp3) is 0.312. The average molecular weight is 287 g/mol. The number of nitrogens with one attached hydrogen (secondary N) is 1. The third-order valence-corrected chi connectivity index (χ3v) is 2.63. The van der Waals surface area contributed by atoms with Crippen LogP contribution in [0.25, 0.3) is 0 Å². The monoisotopic (exact) mass is 287 g/mol. The molecule has 2 rings (SSSR count). The summed E-state index contributed by atoms with van der Waals surface area (Å²) >= 11 is 0. The van der Waals surface area contributed by atoms with E-state index in [0.29, 0.717) is 17.4 Å². The normalized spacial score (nSPS) is 11.0. The number of hydrogen-bond acceptors (Lipinski definition) is 5. The molecule has 112 valence electrons. The van der Waals surface area contributed by atoms with E-state index in [-0.39, 0.29) is 5.60 Å². The first-order chi connectivity index (χ1) is 9.87. The number of nitrogens with two attached hydrogens (primary N) is 1. The Balaban J connectivity index is 2.22. The lowest BCUT2D eigenvalue weighted by Gasteiger charge is -2.21. The van der Waals surface area contributed by atoms with E-state index >= 15 is 0 Å². The summed E-state index contributed by atoms with van der Waals surface area (Å²) in [6.07, 6.45) is 0. The Bertz CT molecular complexity index is 621. The van der Waals surface area contributed by atoms with E-state index in [4.69, 9.17) is 15.2 Å².